The van der Waals surface area contributed by atoms with Gasteiger partial charge in [-0.25, -0.2) is 4.39 Å². The van der Waals surface area contributed by atoms with Gasteiger partial charge in [0.05, 0.1) is 5.02 Å². The normalized spacial score (nSPS) is 23.4. The van der Waals surface area contributed by atoms with E-state index in [-0.39, 0.29) is 10.8 Å². The maximum atomic E-state index is 13.3. The highest BCUT2D eigenvalue weighted by Crippen LogP contribution is 2.34. The van der Waals surface area contributed by atoms with Crippen molar-refractivity contribution in [3.8, 4) is 0 Å². The van der Waals surface area contributed by atoms with E-state index in [1.165, 1.54) is 11.8 Å². The molecule has 4 heteroatoms. The summed E-state index contributed by atoms with van der Waals surface area (Å²) in [6.07, 6.45) is 1.12. The van der Waals surface area contributed by atoms with Crippen molar-refractivity contribution in [3.63, 3.8) is 0 Å². The Balaban J connectivity index is 2.03. The minimum atomic E-state index is -0.362. The fraction of sp³-hybridized carbons (Fsp3) is 0.538. The van der Waals surface area contributed by atoms with Crippen molar-refractivity contribution in [1.29, 1.82) is 0 Å². The molecule has 1 nitrogen and oxygen atoms in total. The molecule has 0 radical (unpaired) electrons. The fourth-order valence-corrected chi connectivity index (χ4v) is 3.57. The Morgan fingerprint density at radius 3 is 2.88 bits per heavy atom. The van der Waals surface area contributed by atoms with Gasteiger partial charge in [-0.3, -0.25) is 0 Å². The molecule has 0 spiro atoms. The summed E-state index contributed by atoms with van der Waals surface area (Å²) in [6, 6.07) is 5.30. The Bertz CT molecular complexity index is 408. The lowest BCUT2D eigenvalue weighted by Gasteiger charge is -2.35. The Kier molecular flexibility index (Phi) is 3.88. The van der Waals surface area contributed by atoms with Crippen LogP contribution in [0.1, 0.15) is 20.3 Å². The van der Waals surface area contributed by atoms with Crippen molar-refractivity contribution in [1.82, 2.24) is 0 Å². The second-order valence-electron chi connectivity index (χ2n) is 5.35. The largest absolute Gasteiger partial charge is 0.381 e. The van der Waals surface area contributed by atoms with Crippen molar-refractivity contribution in [2.24, 2.45) is 5.41 Å². The van der Waals surface area contributed by atoms with Gasteiger partial charge in [0, 0.05) is 17.5 Å². The molecular weight excluding hydrogens is 257 g/mol. The molecule has 2 rings (SSSR count). The molecule has 1 saturated heterocycles. The summed E-state index contributed by atoms with van der Waals surface area (Å²) in [5.74, 6) is 1.91. The van der Waals surface area contributed by atoms with E-state index in [1.807, 2.05) is 17.8 Å². The van der Waals surface area contributed by atoms with Crippen molar-refractivity contribution < 1.29 is 4.39 Å². The zero-order valence-corrected chi connectivity index (χ0v) is 11.7. The van der Waals surface area contributed by atoms with Crippen molar-refractivity contribution in [3.05, 3.63) is 29.0 Å². The highest BCUT2D eigenvalue weighted by molar-refractivity contribution is 7.99. The minimum absolute atomic E-state index is 0.175. The number of halogens is 2. The van der Waals surface area contributed by atoms with Crippen LogP contribution in [-0.4, -0.2) is 17.5 Å². The summed E-state index contributed by atoms with van der Waals surface area (Å²) in [6.45, 7) is 4.55. The maximum absolute atomic E-state index is 13.3. The van der Waals surface area contributed by atoms with Gasteiger partial charge in [0.2, 0.25) is 0 Å². The van der Waals surface area contributed by atoms with E-state index in [9.17, 15) is 4.39 Å². The van der Waals surface area contributed by atoms with E-state index in [0.717, 1.165) is 17.9 Å². The lowest BCUT2D eigenvalue weighted by molar-refractivity contribution is 0.358. The number of rotatable bonds is 2. The summed E-state index contributed by atoms with van der Waals surface area (Å²) in [5.41, 5.74) is 1.17. The third-order valence-electron chi connectivity index (χ3n) is 2.90. The third-order valence-corrected chi connectivity index (χ3v) is 4.83. The van der Waals surface area contributed by atoms with Gasteiger partial charge in [0.15, 0.2) is 0 Å². The highest BCUT2D eigenvalue weighted by Gasteiger charge is 2.28. The molecule has 1 aliphatic rings. The van der Waals surface area contributed by atoms with Gasteiger partial charge >= 0.3 is 0 Å². The van der Waals surface area contributed by atoms with Crippen molar-refractivity contribution in [2.75, 3.05) is 16.8 Å². The number of thioether (sulfide) groups is 1. The molecular formula is C13H17ClFNS. The molecule has 1 N–H and O–H groups in total. The van der Waals surface area contributed by atoms with Crippen LogP contribution >= 0.6 is 23.4 Å². The van der Waals surface area contributed by atoms with Crippen LogP contribution in [0.25, 0.3) is 0 Å². The zero-order chi connectivity index (χ0) is 12.5. The SMILES string of the molecule is CC1(C)CSCC(Nc2ccc(Cl)c(F)c2)C1. The van der Waals surface area contributed by atoms with Crippen molar-refractivity contribution >= 4 is 29.1 Å². The first-order valence-corrected chi connectivity index (χ1v) is 7.29. The summed E-state index contributed by atoms with van der Waals surface area (Å²) < 4.78 is 13.3. The molecule has 94 valence electrons. The molecule has 1 fully saturated rings. The average molecular weight is 274 g/mol. The van der Waals surface area contributed by atoms with Crippen LogP contribution in [0.15, 0.2) is 18.2 Å². The number of hydrogen-bond acceptors (Lipinski definition) is 2. The van der Waals surface area contributed by atoms with E-state index in [2.05, 4.69) is 19.2 Å². The Hall–Kier alpha value is -0.410. The van der Waals surface area contributed by atoms with E-state index in [4.69, 9.17) is 11.6 Å². The summed E-state index contributed by atoms with van der Waals surface area (Å²) in [4.78, 5) is 0. The molecule has 1 atom stereocenters. The van der Waals surface area contributed by atoms with Crippen LogP contribution in [-0.2, 0) is 0 Å². The van der Waals surface area contributed by atoms with Gasteiger partial charge < -0.3 is 5.32 Å². The topological polar surface area (TPSA) is 12.0 Å². The molecule has 1 unspecified atom stereocenters. The van der Waals surface area contributed by atoms with Crippen LogP contribution in [0.5, 0.6) is 0 Å². The van der Waals surface area contributed by atoms with Gasteiger partial charge in [-0.1, -0.05) is 25.4 Å². The predicted octanol–water partition coefficient (Wildman–Crippen LogP) is 4.42. The molecule has 17 heavy (non-hydrogen) atoms. The first kappa shape index (κ1) is 13.0. The lowest BCUT2D eigenvalue weighted by Crippen LogP contribution is -2.35. The molecule has 1 heterocycles. The fourth-order valence-electron chi connectivity index (χ4n) is 2.18. The number of hydrogen-bond donors (Lipinski definition) is 1. The standard InChI is InChI=1S/C13H17ClFNS/c1-13(2)6-10(7-17-8-13)16-9-3-4-11(14)12(15)5-9/h3-5,10,16H,6-8H2,1-2H3. The highest BCUT2D eigenvalue weighted by atomic mass is 35.5. The van der Waals surface area contributed by atoms with E-state index in [1.54, 1.807) is 6.07 Å². The summed E-state index contributed by atoms with van der Waals surface area (Å²) in [5, 5.41) is 3.56. The summed E-state index contributed by atoms with van der Waals surface area (Å²) in [7, 11) is 0. The van der Waals surface area contributed by atoms with Crippen LogP contribution in [0.4, 0.5) is 10.1 Å². The lowest BCUT2D eigenvalue weighted by atomic mass is 9.88. The predicted molar refractivity (Wildman–Crippen MR) is 74.5 cm³/mol. The second-order valence-corrected chi connectivity index (χ2v) is 6.79. The Labute approximate surface area is 111 Å². The Morgan fingerprint density at radius 2 is 2.24 bits per heavy atom. The first-order chi connectivity index (χ1) is 7.96. The molecule has 1 aromatic rings. The maximum Gasteiger partial charge on any atom is 0.143 e. The first-order valence-electron chi connectivity index (χ1n) is 5.76. The number of benzene rings is 1. The van der Waals surface area contributed by atoms with Crippen molar-refractivity contribution in [2.45, 2.75) is 26.3 Å². The quantitative estimate of drug-likeness (QED) is 0.856. The van der Waals surface area contributed by atoms with Crippen LogP contribution in [0.3, 0.4) is 0 Å². The smallest absolute Gasteiger partial charge is 0.143 e. The van der Waals surface area contributed by atoms with Gasteiger partial charge in [-0.15, -0.1) is 0 Å². The minimum Gasteiger partial charge on any atom is -0.381 e. The molecule has 0 bridgehead atoms. The number of anilines is 1. The molecule has 1 aliphatic heterocycles. The monoisotopic (exact) mass is 273 g/mol. The molecule has 0 amide bonds. The van der Waals surface area contributed by atoms with Gasteiger partial charge in [0.25, 0.3) is 0 Å². The molecule has 1 aromatic carbocycles. The third kappa shape index (κ3) is 3.52. The van der Waals surface area contributed by atoms with E-state index >= 15 is 0 Å². The average Bonchev–Trinajstić information content (AvgIpc) is 2.22. The van der Waals surface area contributed by atoms with Crippen LogP contribution in [0.2, 0.25) is 5.02 Å². The van der Waals surface area contributed by atoms with Gasteiger partial charge in [0.1, 0.15) is 5.82 Å². The Morgan fingerprint density at radius 1 is 1.47 bits per heavy atom. The molecule has 0 aliphatic carbocycles. The van der Waals surface area contributed by atoms with Crippen LogP contribution in [0, 0.1) is 11.2 Å². The van der Waals surface area contributed by atoms with E-state index < -0.39 is 0 Å². The summed E-state index contributed by atoms with van der Waals surface area (Å²) >= 11 is 7.62. The number of nitrogens with one attached hydrogen (secondary N) is 1. The van der Waals surface area contributed by atoms with Gasteiger partial charge in [-0.05, 0) is 35.8 Å². The zero-order valence-electron chi connectivity index (χ0n) is 10.1. The molecule has 0 aromatic heterocycles. The second kappa shape index (κ2) is 5.07. The van der Waals surface area contributed by atoms with Crippen LogP contribution < -0.4 is 5.32 Å². The molecule has 0 saturated carbocycles. The van der Waals surface area contributed by atoms with Gasteiger partial charge in [-0.2, -0.15) is 11.8 Å². The van der Waals surface area contributed by atoms with E-state index in [0.29, 0.717) is 11.5 Å².